The average Bonchev–Trinajstić information content (AvgIpc) is 3.19. The van der Waals surface area contributed by atoms with Gasteiger partial charge in [0.15, 0.2) is 11.5 Å². The number of rotatable bonds is 4. The van der Waals surface area contributed by atoms with Crippen molar-refractivity contribution in [3.63, 3.8) is 0 Å². The van der Waals surface area contributed by atoms with Gasteiger partial charge in [0, 0.05) is 11.6 Å². The minimum Gasteiger partial charge on any atom is -0.355 e. The van der Waals surface area contributed by atoms with Crippen molar-refractivity contribution in [2.45, 2.75) is 20.3 Å². The molecule has 0 aliphatic heterocycles. The van der Waals surface area contributed by atoms with Gasteiger partial charge >= 0.3 is 0 Å². The highest BCUT2D eigenvalue weighted by atomic mass is 32.1. The van der Waals surface area contributed by atoms with Gasteiger partial charge in [-0.05, 0) is 25.0 Å². The van der Waals surface area contributed by atoms with Gasteiger partial charge in [-0.3, -0.25) is 10.1 Å². The standard InChI is InChI=1S/C15H13FN4O2S/c1-3-13-18-19-15(23-13)17-14(21)11-7-12(22-20-11)9-5-4-8(2)10(16)6-9/h4-7H,3H2,1-2H3,(H,17,19,21). The van der Waals surface area contributed by atoms with E-state index in [-0.39, 0.29) is 11.5 Å². The molecule has 1 amide bonds. The van der Waals surface area contributed by atoms with Gasteiger partial charge in [0.25, 0.3) is 5.91 Å². The molecule has 0 bridgehead atoms. The minimum atomic E-state index is -0.452. The molecule has 0 saturated heterocycles. The van der Waals surface area contributed by atoms with Crippen LogP contribution in [0.3, 0.4) is 0 Å². The van der Waals surface area contributed by atoms with E-state index in [0.29, 0.717) is 22.0 Å². The lowest BCUT2D eigenvalue weighted by atomic mass is 10.1. The summed E-state index contributed by atoms with van der Waals surface area (Å²) >= 11 is 1.30. The molecule has 1 aromatic carbocycles. The highest BCUT2D eigenvalue weighted by molar-refractivity contribution is 7.15. The summed E-state index contributed by atoms with van der Waals surface area (Å²) in [6.45, 7) is 3.63. The van der Waals surface area contributed by atoms with E-state index in [1.54, 1.807) is 19.1 Å². The number of aromatic nitrogens is 3. The van der Waals surface area contributed by atoms with Crippen LogP contribution in [0, 0.1) is 12.7 Å². The molecule has 118 valence electrons. The van der Waals surface area contributed by atoms with Gasteiger partial charge in [0.1, 0.15) is 10.8 Å². The highest BCUT2D eigenvalue weighted by Crippen LogP contribution is 2.23. The second-order valence-corrected chi connectivity index (χ2v) is 5.91. The Bertz CT molecular complexity index is 859. The number of benzene rings is 1. The van der Waals surface area contributed by atoms with E-state index in [9.17, 15) is 9.18 Å². The summed E-state index contributed by atoms with van der Waals surface area (Å²) in [6.07, 6.45) is 0.751. The first-order chi connectivity index (χ1) is 11.1. The number of amides is 1. The predicted octanol–water partition coefficient (Wildman–Crippen LogP) is 3.46. The third-order valence-corrected chi connectivity index (χ3v) is 4.17. The van der Waals surface area contributed by atoms with Crippen molar-refractivity contribution in [1.29, 1.82) is 0 Å². The molecule has 2 heterocycles. The van der Waals surface area contributed by atoms with Crippen molar-refractivity contribution < 1.29 is 13.7 Å². The monoisotopic (exact) mass is 332 g/mol. The molecule has 0 aliphatic rings. The molecule has 1 N–H and O–H groups in total. The maximum atomic E-state index is 13.6. The predicted molar refractivity (Wildman–Crippen MR) is 83.9 cm³/mol. The Hall–Kier alpha value is -2.61. The molecule has 0 atom stereocenters. The number of aryl methyl sites for hydroxylation is 2. The van der Waals surface area contributed by atoms with Crippen LogP contribution in [-0.4, -0.2) is 21.3 Å². The summed E-state index contributed by atoms with van der Waals surface area (Å²) in [4.78, 5) is 12.1. The second-order valence-electron chi connectivity index (χ2n) is 4.85. The van der Waals surface area contributed by atoms with E-state index in [1.807, 2.05) is 6.92 Å². The zero-order valence-electron chi connectivity index (χ0n) is 12.5. The van der Waals surface area contributed by atoms with E-state index in [2.05, 4.69) is 20.7 Å². The summed E-state index contributed by atoms with van der Waals surface area (Å²) in [5.41, 5.74) is 1.15. The maximum absolute atomic E-state index is 13.6. The molecule has 3 rings (SSSR count). The van der Waals surface area contributed by atoms with Crippen LogP contribution in [0.5, 0.6) is 0 Å². The topological polar surface area (TPSA) is 80.9 Å². The number of carbonyl (C=O) groups excluding carboxylic acids is 1. The van der Waals surface area contributed by atoms with Gasteiger partial charge in [-0.15, -0.1) is 10.2 Å². The molecular formula is C15H13FN4O2S. The highest BCUT2D eigenvalue weighted by Gasteiger charge is 2.16. The third-order valence-electron chi connectivity index (χ3n) is 3.19. The minimum absolute atomic E-state index is 0.0919. The first kappa shape index (κ1) is 15.3. The Morgan fingerprint density at radius 1 is 1.35 bits per heavy atom. The number of anilines is 1. The zero-order valence-corrected chi connectivity index (χ0v) is 13.3. The van der Waals surface area contributed by atoms with Crippen molar-refractivity contribution in [2.24, 2.45) is 0 Å². The van der Waals surface area contributed by atoms with Crippen molar-refractivity contribution in [2.75, 3.05) is 5.32 Å². The van der Waals surface area contributed by atoms with E-state index in [0.717, 1.165) is 11.4 Å². The number of carbonyl (C=O) groups is 1. The fourth-order valence-electron chi connectivity index (χ4n) is 1.87. The van der Waals surface area contributed by atoms with Crippen molar-refractivity contribution in [1.82, 2.24) is 15.4 Å². The Balaban J connectivity index is 1.77. The van der Waals surface area contributed by atoms with Gasteiger partial charge < -0.3 is 4.52 Å². The lowest BCUT2D eigenvalue weighted by molar-refractivity contribution is 0.101. The number of nitrogens with one attached hydrogen (secondary N) is 1. The molecule has 2 aromatic heterocycles. The summed E-state index contributed by atoms with van der Waals surface area (Å²) in [7, 11) is 0. The van der Waals surface area contributed by atoms with Crippen LogP contribution in [0.1, 0.15) is 28.0 Å². The lowest BCUT2D eigenvalue weighted by Crippen LogP contribution is -2.11. The van der Waals surface area contributed by atoms with Gasteiger partial charge in [-0.2, -0.15) is 0 Å². The van der Waals surface area contributed by atoms with Crippen LogP contribution >= 0.6 is 11.3 Å². The summed E-state index contributed by atoms with van der Waals surface area (Å²) < 4.78 is 18.7. The molecule has 3 aromatic rings. The SMILES string of the molecule is CCc1nnc(NC(=O)c2cc(-c3ccc(C)c(F)c3)on2)s1. The average molecular weight is 332 g/mol. The Morgan fingerprint density at radius 3 is 2.87 bits per heavy atom. The maximum Gasteiger partial charge on any atom is 0.279 e. The van der Waals surface area contributed by atoms with Gasteiger partial charge in [-0.25, -0.2) is 4.39 Å². The molecule has 0 fully saturated rings. The molecule has 8 heteroatoms. The molecular weight excluding hydrogens is 319 g/mol. The smallest absolute Gasteiger partial charge is 0.279 e. The molecule has 23 heavy (non-hydrogen) atoms. The lowest BCUT2D eigenvalue weighted by Gasteiger charge is -1.98. The van der Waals surface area contributed by atoms with E-state index < -0.39 is 5.91 Å². The van der Waals surface area contributed by atoms with Gasteiger partial charge in [0.05, 0.1) is 0 Å². The largest absolute Gasteiger partial charge is 0.355 e. The molecule has 0 spiro atoms. The number of nitrogens with zero attached hydrogens (tertiary/aromatic N) is 3. The van der Waals surface area contributed by atoms with Crippen LogP contribution in [0.25, 0.3) is 11.3 Å². The second kappa shape index (κ2) is 6.25. The van der Waals surface area contributed by atoms with E-state index in [1.165, 1.54) is 23.5 Å². The van der Waals surface area contributed by atoms with Crippen LogP contribution in [0.4, 0.5) is 9.52 Å². The van der Waals surface area contributed by atoms with E-state index in [4.69, 9.17) is 4.52 Å². The van der Waals surface area contributed by atoms with Crippen molar-refractivity contribution >= 4 is 22.4 Å². The van der Waals surface area contributed by atoms with Crippen LogP contribution in [0.2, 0.25) is 0 Å². The van der Waals surface area contributed by atoms with E-state index >= 15 is 0 Å². The number of hydrogen-bond donors (Lipinski definition) is 1. The number of halogens is 1. The Labute approximate surface area is 135 Å². The molecule has 0 saturated carbocycles. The first-order valence-corrected chi connectivity index (χ1v) is 7.75. The fraction of sp³-hybridized carbons (Fsp3) is 0.200. The number of hydrogen-bond acceptors (Lipinski definition) is 6. The Morgan fingerprint density at radius 2 is 2.17 bits per heavy atom. The summed E-state index contributed by atoms with van der Waals surface area (Å²) in [6, 6.07) is 6.15. The van der Waals surface area contributed by atoms with Crippen molar-refractivity contribution in [3.8, 4) is 11.3 Å². The fourth-order valence-corrected chi connectivity index (χ4v) is 2.55. The summed E-state index contributed by atoms with van der Waals surface area (Å²) in [5.74, 6) is -0.474. The van der Waals surface area contributed by atoms with Gasteiger partial charge in [0.2, 0.25) is 5.13 Å². The Kier molecular flexibility index (Phi) is 4.16. The van der Waals surface area contributed by atoms with Crippen LogP contribution in [0.15, 0.2) is 28.8 Å². The molecule has 0 unspecified atom stereocenters. The van der Waals surface area contributed by atoms with Crippen molar-refractivity contribution in [3.05, 3.63) is 46.3 Å². The normalized spacial score (nSPS) is 10.7. The quantitative estimate of drug-likeness (QED) is 0.791. The van der Waals surface area contributed by atoms with Crippen LogP contribution in [-0.2, 0) is 6.42 Å². The third kappa shape index (κ3) is 3.26. The molecule has 0 radical (unpaired) electrons. The molecule has 6 nitrogen and oxygen atoms in total. The van der Waals surface area contributed by atoms with Crippen LogP contribution < -0.4 is 5.32 Å². The summed E-state index contributed by atoms with van der Waals surface area (Å²) in [5, 5.41) is 15.3. The zero-order chi connectivity index (χ0) is 16.4. The first-order valence-electron chi connectivity index (χ1n) is 6.93. The van der Waals surface area contributed by atoms with Gasteiger partial charge in [-0.1, -0.05) is 35.5 Å². The molecule has 0 aliphatic carbocycles.